The average molecular weight is 193 g/mol. The maximum absolute atomic E-state index is 5.92. The van der Waals surface area contributed by atoms with E-state index in [1.807, 2.05) is 17.9 Å². The number of rotatable bonds is 3. The van der Waals surface area contributed by atoms with Gasteiger partial charge in [-0.1, -0.05) is 13.8 Å². The van der Waals surface area contributed by atoms with E-state index in [0.29, 0.717) is 5.92 Å². The average Bonchev–Trinajstić information content (AvgIpc) is 2.76. The van der Waals surface area contributed by atoms with Crippen molar-refractivity contribution in [3.63, 3.8) is 0 Å². The van der Waals surface area contributed by atoms with Crippen LogP contribution in [0.3, 0.4) is 0 Å². The van der Waals surface area contributed by atoms with Crippen LogP contribution in [0.4, 0.5) is 0 Å². The number of hydrogen-bond acceptors (Lipinski definition) is 2. The van der Waals surface area contributed by atoms with Crippen molar-refractivity contribution < 1.29 is 0 Å². The predicted molar refractivity (Wildman–Crippen MR) is 56.9 cm³/mol. The molecule has 0 spiro atoms. The molecule has 14 heavy (non-hydrogen) atoms. The third kappa shape index (κ3) is 1.19. The van der Waals surface area contributed by atoms with Gasteiger partial charge in [-0.05, 0) is 24.3 Å². The second-order valence-electron chi connectivity index (χ2n) is 4.75. The quantitative estimate of drug-likeness (QED) is 0.786. The van der Waals surface area contributed by atoms with Crippen molar-refractivity contribution in [2.75, 3.05) is 6.54 Å². The molecule has 0 saturated heterocycles. The Balaban J connectivity index is 2.29. The first-order chi connectivity index (χ1) is 6.62. The molecule has 3 nitrogen and oxygen atoms in total. The smallest absolute Gasteiger partial charge is 0.0492 e. The van der Waals surface area contributed by atoms with Crippen molar-refractivity contribution >= 4 is 0 Å². The zero-order valence-electron chi connectivity index (χ0n) is 9.20. The molecular weight excluding hydrogens is 174 g/mol. The van der Waals surface area contributed by atoms with Crippen LogP contribution < -0.4 is 5.73 Å². The van der Waals surface area contributed by atoms with Crippen molar-refractivity contribution in [1.82, 2.24) is 9.78 Å². The lowest BCUT2D eigenvalue weighted by molar-refractivity contribution is 0.463. The van der Waals surface area contributed by atoms with E-state index in [4.69, 9.17) is 5.73 Å². The largest absolute Gasteiger partial charge is 0.330 e. The Kier molecular flexibility index (Phi) is 2.14. The van der Waals surface area contributed by atoms with Crippen LogP contribution in [0.1, 0.15) is 26.0 Å². The first kappa shape index (κ1) is 9.71. The lowest BCUT2D eigenvalue weighted by Crippen LogP contribution is -2.26. The van der Waals surface area contributed by atoms with Crippen LogP contribution >= 0.6 is 0 Å². The summed E-state index contributed by atoms with van der Waals surface area (Å²) in [6.07, 6.45) is 3.09. The fourth-order valence-electron chi connectivity index (χ4n) is 2.70. The van der Waals surface area contributed by atoms with Crippen LogP contribution in [0, 0.1) is 11.8 Å². The molecule has 0 radical (unpaired) electrons. The van der Waals surface area contributed by atoms with E-state index in [1.165, 1.54) is 12.1 Å². The van der Waals surface area contributed by atoms with Gasteiger partial charge in [-0.25, -0.2) is 0 Å². The van der Waals surface area contributed by atoms with E-state index >= 15 is 0 Å². The molecule has 1 heterocycles. The van der Waals surface area contributed by atoms with Crippen molar-refractivity contribution in [1.29, 1.82) is 0 Å². The maximum Gasteiger partial charge on any atom is 0.0492 e. The molecule has 2 unspecified atom stereocenters. The number of aromatic nitrogens is 2. The van der Waals surface area contributed by atoms with E-state index in [0.717, 1.165) is 12.5 Å². The van der Waals surface area contributed by atoms with E-state index < -0.39 is 0 Å². The molecule has 2 atom stereocenters. The van der Waals surface area contributed by atoms with Crippen molar-refractivity contribution in [3.8, 4) is 0 Å². The monoisotopic (exact) mass is 193 g/mol. The Labute approximate surface area is 85.3 Å². The summed E-state index contributed by atoms with van der Waals surface area (Å²) >= 11 is 0. The summed E-state index contributed by atoms with van der Waals surface area (Å²) < 4.78 is 1.97. The summed E-state index contributed by atoms with van der Waals surface area (Å²) in [6, 6.07) is 2.11. The fraction of sp³-hybridized carbons (Fsp3) is 0.727. The molecular formula is C11H19N3. The van der Waals surface area contributed by atoms with Crippen LogP contribution in [0.15, 0.2) is 12.3 Å². The Morgan fingerprint density at radius 1 is 1.71 bits per heavy atom. The first-order valence-corrected chi connectivity index (χ1v) is 5.30. The number of nitrogens with zero attached hydrogens (tertiary/aromatic N) is 2. The molecule has 1 saturated carbocycles. The van der Waals surface area contributed by atoms with E-state index in [9.17, 15) is 0 Å². The van der Waals surface area contributed by atoms with Gasteiger partial charge in [0.25, 0.3) is 0 Å². The molecule has 0 aliphatic heterocycles. The van der Waals surface area contributed by atoms with E-state index in [-0.39, 0.29) is 5.41 Å². The van der Waals surface area contributed by atoms with Gasteiger partial charge in [-0.3, -0.25) is 4.68 Å². The Morgan fingerprint density at radius 3 is 2.79 bits per heavy atom. The van der Waals surface area contributed by atoms with Crippen LogP contribution in [0.25, 0.3) is 0 Å². The second kappa shape index (κ2) is 3.09. The highest BCUT2D eigenvalue weighted by molar-refractivity contribution is 5.29. The van der Waals surface area contributed by atoms with Crippen molar-refractivity contribution in [2.24, 2.45) is 24.6 Å². The molecule has 0 aromatic carbocycles. The van der Waals surface area contributed by atoms with Gasteiger partial charge in [0, 0.05) is 30.9 Å². The summed E-state index contributed by atoms with van der Waals surface area (Å²) in [5, 5.41) is 4.23. The van der Waals surface area contributed by atoms with Crippen molar-refractivity contribution in [3.05, 3.63) is 18.0 Å². The van der Waals surface area contributed by atoms with Gasteiger partial charge in [0.2, 0.25) is 0 Å². The third-order valence-corrected chi connectivity index (χ3v) is 3.63. The molecule has 2 N–H and O–H groups in total. The highest BCUT2D eigenvalue weighted by Gasteiger charge is 2.56. The normalized spacial score (nSPS) is 31.1. The van der Waals surface area contributed by atoms with Gasteiger partial charge in [-0.2, -0.15) is 5.10 Å². The maximum atomic E-state index is 5.92. The Bertz CT molecular complexity index is 329. The van der Waals surface area contributed by atoms with E-state index in [1.54, 1.807) is 0 Å². The SMILES string of the molecule is CC(C)C1CC1(CN)c1ccnn1C. The zero-order chi connectivity index (χ0) is 10.3. The zero-order valence-corrected chi connectivity index (χ0v) is 9.20. The standard InChI is InChI=1S/C11H19N3/c1-8(2)9-6-11(9,7-12)10-4-5-13-14(10)3/h4-5,8-9H,6-7,12H2,1-3H3. The minimum Gasteiger partial charge on any atom is -0.330 e. The Hall–Kier alpha value is -0.830. The lowest BCUT2D eigenvalue weighted by Gasteiger charge is -2.17. The summed E-state index contributed by atoms with van der Waals surface area (Å²) in [5.74, 6) is 1.45. The van der Waals surface area contributed by atoms with Gasteiger partial charge in [0.1, 0.15) is 0 Å². The van der Waals surface area contributed by atoms with Gasteiger partial charge in [-0.15, -0.1) is 0 Å². The summed E-state index contributed by atoms with van der Waals surface area (Å²) in [4.78, 5) is 0. The number of nitrogens with two attached hydrogens (primary N) is 1. The minimum atomic E-state index is 0.222. The number of hydrogen-bond donors (Lipinski definition) is 1. The third-order valence-electron chi connectivity index (χ3n) is 3.63. The molecule has 1 fully saturated rings. The molecule has 3 heteroatoms. The molecule has 1 aromatic rings. The molecule has 0 amide bonds. The minimum absolute atomic E-state index is 0.222. The van der Waals surface area contributed by atoms with Gasteiger partial charge in [0.05, 0.1) is 0 Å². The van der Waals surface area contributed by atoms with E-state index in [2.05, 4.69) is 25.0 Å². The molecule has 78 valence electrons. The lowest BCUT2D eigenvalue weighted by atomic mass is 9.94. The molecule has 1 aliphatic rings. The van der Waals surface area contributed by atoms with Crippen LogP contribution in [-0.4, -0.2) is 16.3 Å². The second-order valence-corrected chi connectivity index (χ2v) is 4.75. The van der Waals surface area contributed by atoms with Crippen molar-refractivity contribution in [2.45, 2.75) is 25.7 Å². The Morgan fingerprint density at radius 2 is 2.43 bits per heavy atom. The highest BCUT2D eigenvalue weighted by atomic mass is 15.3. The highest BCUT2D eigenvalue weighted by Crippen LogP contribution is 2.56. The van der Waals surface area contributed by atoms with Crippen LogP contribution in [0.5, 0.6) is 0 Å². The molecule has 2 rings (SSSR count). The number of aryl methyl sites for hydroxylation is 1. The molecule has 1 aromatic heterocycles. The van der Waals surface area contributed by atoms with Gasteiger partial charge >= 0.3 is 0 Å². The van der Waals surface area contributed by atoms with Gasteiger partial charge in [0.15, 0.2) is 0 Å². The molecule has 1 aliphatic carbocycles. The van der Waals surface area contributed by atoms with Gasteiger partial charge < -0.3 is 5.73 Å². The van der Waals surface area contributed by atoms with Crippen LogP contribution in [-0.2, 0) is 12.5 Å². The predicted octanol–water partition coefficient (Wildman–Crippen LogP) is 1.29. The van der Waals surface area contributed by atoms with Crippen LogP contribution in [0.2, 0.25) is 0 Å². The molecule has 0 bridgehead atoms. The topological polar surface area (TPSA) is 43.8 Å². The summed E-state index contributed by atoms with van der Waals surface area (Å²) in [7, 11) is 2.00. The summed E-state index contributed by atoms with van der Waals surface area (Å²) in [6.45, 7) is 5.30. The summed E-state index contributed by atoms with van der Waals surface area (Å²) in [5.41, 5.74) is 7.44. The first-order valence-electron chi connectivity index (χ1n) is 5.30. The fourth-order valence-corrected chi connectivity index (χ4v) is 2.70.